The van der Waals surface area contributed by atoms with Gasteiger partial charge in [0, 0.05) is 25.3 Å². The Morgan fingerprint density at radius 1 is 1.06 bits per heavy atom. The third-order valence-electron chi connectivity index (χ3n) is 7.04. The van der Waals surface area contributed by atoms with Crippen LogP contribution in [0, 0.1) is 17.5 Å². The van der Waals surface area contributed by atoms with Crippen molar-refractivity contribution in [3.8, 4) is 16.9 Å². The van der Waals surface area contributed by atoms with E-state index in [1.807, 2.05) is 11.6 Å². The zero-order valence-electron chi connectivity index (χ0n) is 26.7. The van der Waals surface area contributed by atoms with E-state index in [0.717, 1.165) is 28.4 Å². The van der Waals surface area contributed by atoms with Crippen LogP contribution in [-0.4, -0.2) is 65.7 Å². The monoisotopic (exact) mass is 696 g/mol. The molecule has 3 aromatic rings. The third kappa shape index (κ3) is 9.14. The molecule has 1 fully saturated rings. The fraction of sp³-hybridized carbons (Fsp3) is 0.433. The summed E-state index contributed by atoms with van der Waals surface area (Å²) >= 11 is 0. The maximum absolute atomic E-state index is 13.5. The molecule has 4 rings (SSSR count). The summed E-state index contributed by atoms with van der Waals surface area (Å²) in [4.78, 5) is 29.1. The summed E-state index contributed by atoms with van der Waals surface area (Å²) in [5, 5.41) is 20.6. The fourth-order valence-electron chi connectivity index (χ4n) is 4.40. The van der Waals surface area contributed by atoms with Gasteiger partial charge in [-0.15, -0.1) is 5.01 Å². The number of piperidine rings is 1. The Hall–Kier alpha value is -4.87. The van der Waals surface area contributed by atoms with Crippen molar-refractivity contribution in [1.82, 2.24) is 19.5 Å². The summed E-state index contributed by atoms with van der Waals surface area (Å²) < 4.78 is 79.5. The number of sulfonamides is 1. The van der Waals surface area contributed by atoms with Gasteiger partial charge >= 0.3 is 18.2 Å². The molecule has 0 saturated carbocycles. The van der Waals surface area contributed by atoms with Gasteiger partial charge in [-0.3, -0.25) is 9.63 Å². The Morgan fingerprint density at radius 2 is 1.67 bits per heavy atom. The Labute approximate surface area is 274 Å². The molecule has 18 heteroatoms. The molecule has 14 nitrogen and oxygen atoms in total. The van der Waals surface area contributed by atoms with Crippen molar-refractivity contribution in [3.05, 3.63) is 71.1 Å². The molecule has 1 unspecified atom stereocenters. The second-order valence-corrected chi connectivity index (χ2v) is 13.7. The van der Waals surface area contributed by atoms with E-state index in [1.165, 1.54) is 24.1 Å². The lowest BCUT2D eigenvalue weighted by atomic mass is 9.97. The van der Waals surface area contributed by atoms with Gasteiger partial charge < -0.3 is 14.7 Å². The number of hydrazine groups is 1. The fourth-order valence-corrected chi connectivity index (χ4v) is 5.28. The lowest BCUT2D eigenvalue weighted by Gasteiger charge is -2.28. The highest BCUT2D eigenvalue weighted by Crippen LogP contribution is 2.33. The van der Waals surface area contributed by atoms with Crippen LogP contribution in [-0.2, 0) is 35.3 Å². The van der Waals surface area contributed by atoms with E-state index in [9.17, 15) is 36.4 Å². The molecular weight excluding hydrogens is 661 g/mol. The standard InChI is InChI=1S/C30H35F3N6O8S/c1-19-6-8-21(9-7-19)25-18-26(30(31,32)33)34-38(25)22-10-12-24(13-11-22)48(43,44)35-28(41)46-23-14-16-37(17-15-23)39(42)36-47-20(2)45-27(40)29(3,4)5/h6-13,18,20,23H,14-17H2,1-5H3,(H,35,41). The Bertz CT molecular complexity index is 1750. The molecule has 0 bridgehead atoms. The van der Waals surface area contributed by atoms with Crippen molar-refractivity contribution >= 4 is 22.1 Å². The number of amides is 1. The SMILES string of the molecule is Cc1ccc(-c2cc(C(F)(F)F)nn2-c2ccc(S(=O)(=O)NC(=O)OC3CCN([N+]([O-])=NOC(C)OC(=O)C(C)(C)C)CC3)cc2)cc1. The van der Waals surface area contributed by atoms with Crippen molar-refractivity contribution < 1.29 is 50.5 Å². The summed E-state index contributed by atoms with van der Waals surface area (Å²) in [6, 6.07) is 12.5. The molecule has 1 atom stereocenters. The number of aromatic nitrogens is 2. The van der Waals surface area contributed by atoms with Crippen molar-refractivity contribution in [3.63, 3.8) is 0 Å². The smallest absolute Gasteiger partial charge is 0.435 e. The molecule has 0 radical (unpaired) electrons. The Kier molecular flexibility index (Phi) is 10.6. The molecular formula is C30H35F3N6O8S. The highest BCUT2D eigenvalue weighted by Gasteiger charge is 2.35. The normalized spacial score (nSPS) is 15.5. The summed E-state index contributed by atoms with van der Waals surface area (Å²) in [6.45, 7) is 8.39. The molecule has 2 aromatic carbocycles. The number of aryl methyl sites for hydroxylation is 1. The minimum Gasteiger partial charge on any atom is -0.569 e. The van der Waals surface area contributed by atoms with E-state index in [2.05, 4.69) is 10.4 Å². The second-order valence-electron chi connectivity index (χ2n) is 12.0. The van der Waals surface area contributed by atoms with E-state index in [1.54, 1.807) is 45.0 Å². The lowest BCUT2D eigenvalue weighted by Crippen LogP contribution is -2.43. The van der Waals surface area contributed by atoms with Crippen molar-refractivity contribution in [2.24, 2.45) is 10.7 Å². The number of halogens is 3. The van der Waals surface area contributed by atoms with Crippen LogP contribution in [0.25, 0.3) is 16.9 Å². The zero-order valence-corrected chi connectivity index (χ0v) is 27.5. The van der Waals surface area contributed by atoms with Crippen LogP contribution < -0.4 is 4.72 Å². The minimum absolute atomic E-state index is 0.0900. The Morgan fingerprint density at radius 3 is 2.23 bits per heavy atom. The van der Waals surface area contributed by atoms with Gasteiger partial charge in [-0.25, -0.2) is 22.6 Å². The maximum Gasteiger partial charge on any atom is 0.435 e. The summed E-state index contributed by atoms with van der Waals surface area (Å²) in [7, 11) is -4.42. The number of nitrogens with one attached hydrogen (secondary N) is 1. The van der Waals surface area contributed by atoms with Gasteiger partial charge in [0.2, 0.25) is 5.28 Å². The number of nitrogens with zero attached hydrogens (tertiary/aromatic N) is 5. The first-order valence-corrected chi connectivity index (χ1v) is 16.2. The third-order valence-corrected chi connectivity index (χ3v) is 8.37. The van der Waals surface area contributed by atoms with Crippen LogP contribution in [0.5, 0.6) is 0 Å². The predicted octanol–water partition coefficient (Wildman–Crippen LogP) is 5.49. The van der Waals surface area contributed by atoms with Gasteiger partial charge in [0.15, 0.2) is 5.69 Å². The molecule has 260 valence electrons. The molecule has 0 aliphatic carbocycles. The first-order chi connectivity index (χ1) is 22.3. The molecule has 1 aliphatic rings. The highest BCUT2D eigenvalue weighted by molar-refractivity contribution is 7.90. The van der Waals surface area contributed by atoms with Gasteiger partial charge in [0.05, 0.1) is 39.8 Å². The predicted molar refractivity (Wildman–Crippen MR) is 162 cm³/mol. The van der Waals surface area contributed by atoms with Crippen LogP contribution in [0.15, 0.2) is 64.8 Å². The number of alkyl halides is 3. The van der Waals surface area contributed by atoms with E-state index < -0.39 is 51.8 Å². The van der Waals surface area contributed by atoms with Gasteiger partial charge in [0.1, 0.15) is 6.10 Å². The average molecular weight is 697 g/mol. The number of esters is 1. The van der Waals surface area contributed by atoms with Crippen molar-refractivity contribution in [2.75, 3.05) is 13.1 Å². The molecule has 2 heterocycles. The Balaban J connectivity index is 1.34. The van der Waals surface area contributed by atoms with Gasteiger partial charge in [0.25, 0.3) is 16.3 Å². The summed E-state index contributed by atoms with van der Waals surface area (Å²) in [5.41, 5.74) is -0.222. The number of ether oxygens (including phenoxy) is 2. The average Bonchev–Trinajstić information content (AvgIpc) is 3.46. The van der Waals surface area contributed by atoms with Gasteiger partial charge in [-0.1, -0.05) is 29.8 Å². The summed E-state index contributed by atoms with van der Waals surface area (Å²) in [6.07, 6.45) is -7.46. The number of benzene rings is 2. The quantitative estimate of drug-likeness (QED) is 0.0993. The molecule has 1 amide bonds. The molecule has 1 aromatic heterocycles. The first kappa shape index (κ1) is 36.0. The van der Waals surface area contributed by atoms with Crippen LogP contribution in [0.1, 0.15) is 51.8 Å². The van der Waals surface area contributed by atoms with Crippen molar-refractivity contribution in [1.29, 1.82) is 0 Å². The minimum atomic E-state index is -4.71. The van der Waals surface area contributed by atoms with Crippen LogP contribution in [0.2, 0.25) is 0 Å². The van der Waals surface area contributed by atoms with Gasteiger partial charge in [-0.05, 0) is 58.0 Å². The van der Waals surface area contributed by atoms with Crippen molar-refractivity contribution in [2.45, 2.75) is 70.9 Å². The maximum atomic E-state index is 13.5. The van der Waals surface area contributed by atoms with Crippen LogP contribution >= 0.6 is 0 Å². The largest absolute Gasteiger partial charge is 0.569 e. The summed E-state index contributed by atoms with van der Waals surface area (Å²) in [5.74, 6) is -0.539. The van der Waals surface area contributed by atoms with Crippen LogP contribution in [0.3, 0.4) is 0 Å². The van der Waals surface area contributed by atoms with E-state index in [-0.39, 0.29) is 47.2 Å². The molecule has 1 saturated heterocycles. The number of hydrogen-bond donors (Lipinski definition) is 1. The molecule has 1 N–H and O–H groups in total. The van der Waals surface area contributed by atoms with E-state index in [4.69, 9.17) is 14.3 Å². The number of hydrogen-bond acceptors (Lipinski definition) is 10. The molecule has 1 aliphatic heterocycles. The molecule has 0 spiro atoms. The zero-order chi connectivity index (χ0) is 35.4. The van der Waals surface area contributed by atoms with E-state index >= 15 is 0 Å². The molecule has 48 heavy (non-hydrogen) atoms. The van der Waals surface area contributed by atoms with Gasteiger partial charge in [-0.2, -0.15) is 18.3 Å². The van der Waals surface area contributed by atoms with E-state index in [0.29, 0.717) is 5.56 Å². The number of carbonyl (C=O) groups excluding carboxylic acids is 2. The lowest BCUT2D eigenvalue weighted by molar-refractivity contribution is -0.715. The topological polar surface area (TPSA) is 167 Å². The number of rotatable bonds is 9. The number of carbonyl (C=O) groups is 2. The highest BCUT2D eigenvalue weighted by atomic mass is 32.2. The second kappa shape index (κ2) is 14.1. The van der Waals surface area contributed by atoms with Crippen LogP contribution in [0.4, 0.5) is 18.0 Å². The first-order valence-electron chi connectivity index (χ1n) is 14.7.